The molecule has 0 amide bonds. The summed E-state index contributed by atoms with van der Waals surface area (Å²) in [5.41, 5.74) is 0.933. The number of benzene rings is 2. The lowest BCUT2D eigenvalue weighted by molar-refractivity contribution is 0.598. The molecule has 22 heavy (non-hydrogen) atoms. The average molecular weight is 335 g/mol. The van der Waals surface area contributed by atoms with Crippen LogP contribution in [0.4, 0.5) is 0 Å². The van der Waals surface area contributed by atoms with Gasteiger partial charge in [0.1, 0.15) is 9.73 Å². The molecule has 4 nitrogen and oxygen atoms in total. The molecule has 2 rings (SSSR count). The Morgan fingerprint density at radius 2 is 1.45 bits per heavy atom. The summed E-state index contributed by atoms with van der Waals surface area (Å²) in [4.78, 5) is 0.551. The fourth-order valence-corrected chi connectivity index (χ4v) is 5.52. The number of allylic oxidation sites excluding steroid dienone is 1. The van der Waals surface area contributed by atoms with Crippen LogP contribution in [0.1, 0.15) is 12.5 Å². The van der Waals surface area contributed by atoms with Gasteiger partial charge in [0.05, 0.1) is 9.79 Å². The number of sulfonamides is 1. The molecule has 0 fully saturated rings. The minimum absolute atomic E-state index is 0.0167. The summed E-state index contributed by atoms with van der Waals surface area (Å²) in [7, 11) is -7.30. The maximum absolute atomic E-state index is 13.1. The third kappa shape index (κ3) is 3.28. The molecule has 0 spiro atoms. The first-order chi connectivity index (χ1) is 10.3. The van der Waals surface area contributed by atoms with E-state index in [-0.39, 0.29) is 9.80 Å². The smallest absolute Gasteiger partial charge is 0.239 e. The van der Waals surface area contributed by atoms with Crippen molar-refractivity contribution in [3.8, 4) is 0 Å². The molecule has 6 heteroatoms. The van der Waals surface area contributed by atoms with Crippen LogP contribution in [0.5, 0.6) is 0 Å². The number of hydrogen-bond acceptors (Lipinski definition) is 3. The molecule has 0 heterocycles. The van der Waals surface area contributed by atoms with Crippen LogP contribution in [-0.4, -0.2) is 12.6 Å². The highest BCUT2D eigenvalue weighted by Gasteiger charge is 2.21. The second-order valence-electron chi connectivity index (χ2n) is 4.90. The van der Waals surface area contributed by atoms with Crippen LogP contribution in [0.25, 0.3) is 0 Å². The maximum Gasteiger partial charge on any atom is 0.290 e. The van der Waals surface area contributed by atoms with Gasteiger partial charge in [0.2, 0.25) is 0 Å². The topological polar surface area (TPSA) is 63.6 Å². The van der Waals surface area contributed by atoms with Gasteiger partial charge in [-0.05, 0) is 38.1 Å². The number of hydrogen-bond donors (Lipinski definition) is 0. The summed E-state index contributed by atoms with van der Waals surface area (Å²) in [6.07, 6.45) is 0. The van der Waals surface area contributed by atoms with Crippen molar-refractivity contribution in [2.24, 2.45) is 3.77 Å². The second kappa shape index (κ2) is 6.06. The van der Waals surface area contributed by atoms with Crippen LogP contribution < -0.4 is 0 Å². The van der Waals surface area contributed by atoms with Gasteiger partial charge in [-0.25, -0.2) is 4.21 Å². The fourth-order valence-electron chi connectivity index (χ4n) is 1.80. The molecule has 0 saturated heterocycles. The van der Waals surface area contributed by atoms with Gasteiger partial charge in [-0.3, -0.25) is 0 Å². The first-order valence-corrected chi connectivity index (χ1v) is 9.52. The number of aryl methyl sites for hydroxylation is 1. The van der Waals surface area contributed by atoms with E-state index < -0.39 is 19.8 Å². The molecule has 2 aromatic rings. The van der Waals surface area contributed by atoms with E-state index in [0.29, 0.717) is 4.90 Å². The van der Waals surface area contributed by atoms with E-state index in [1.165, 1.54) is 19.1 Å². The Morgan fingerprint density at radius 3 is 1.95 bits per heavy atom. The van der Waals surface area contributed by atoms with Crippen LogP contribution in [0.2, 0.25) is 0 Å². The van der Waals surface area contributed by atoms with Gasteiger partial charge in [-0.2, -0.15) is 8.42 Å². The Morgan fingerprint density at radius 1 is 0.909 bits per heavy atom. The van der Waals surface area contributed by atoms with Crippen LogP contribution >= 0.6 is 0 Å². The van der Waals surface area contributed by atoms with Crippen LogP contribution in [0, 0.1) is 6.92 Å². The molecule has 1 unspecified atom stereocenters. The monoisotopic (exact) mass is 335 g/mol. The van der Waals surface area contributed by atoms with Gasteiger partial charge in [0, 0.05) is 4.91 Å². The summed E-state index contributed by atoms with van der Waals surface area (Å²) in [5, 5.41) is 0. The zero-order chi connectivity index (χ0) is 16.4. The fraction of sp³-hybridized carbons (Fsp3) is 0.125. The van der Waals surface area contributed by atoms with Gasteiger partial charge in [0.15, 0.2) is 0 Å². The van der Waals surface area contributed by atoms with Crippen molar-refractivity contribution in [2.75, 3.05) is 0 Å². The highest BCUT2D eigenvalue weighted by Crippen LogP contribution is 2.24. The van der Waals surface area contributed by atoms with E-state index in [2.05, 4.69) is 10.3 Å². The molecule has 0 N–H and O–H groups in total. The van der Waals surface area contributed by atoms with Crippen LogP contribution in [0.3, 0.4) is 0 Å². The summed E-state index contributed by atoms with van der Waals surface area (Å²) in [6, 6.07) is 14.6. The Hall–Kier alpha value is -1.92. The molecular formula is C16H17NO3S2. The lowest BCUT2D eigenvalue weighted by Gasteiger charge is -2.10. The zero-order valence-electron chi connectivity index (χ0n) is 12.4. The summed E-state index contributed by atoms with van der Waals surface area (Å²) < 4.78 is 41.7. The van der Waals surface area contributed by atoms with Crippen molar-refractivity contribution >= 4 is 19.8 Å². The third-order valence-corrected chi connectivity index (χ3v) is 7.41. The van der Waals surface area contributed by atoms with Crippen molar-refractivity contribution in [3.05, 3.63) is 71.6 Å². The minimum atomic E-state index is -4.04. The standard InChI is InChI=1S/C16H17NO3S2/c1-13(2)21(18,15-7-5-4-6-8-15)17-22(19,20)16-11-9-14(3)10-12-16/h4-12H,1H2,2-3H3. The van der Waals surface area contributed by atoms with Gasteiger partial charge < -0.3 is 0 Å². The highest BCUT2D eigenvalue weighted by molar-refractivity contribution is 8.05. The maximum atomic E-state index is 13.1. The Bertz CT molecular complexity index is 906. The Labute approximate surface area is 131 Å². The van der Waals surface area contributed by atoms with Gasteiger partial charge in [0.25, 0.3) is 10.0 Å². The zero-order valence-corrected chi connectivity index (χ0v) is 14.0. The van der Waals surface area contributed by atoms with Gasteiger partial charge >= 0.3 is 0 Å². The normalized spacial score (nSPS) is 14.1. The molecule has 0 aliphatic heterocycles. The van der Waals surface area contributed by atoms with Crippen molar-refractivity contribution in [3.63, 3.8) is 0 Å². The van der Waals surface area contributed by atoms with Crippen molar-refractivity contribution in [2.45, 2.75) is 23.6 Å². The minimum Gasteiger partial charge on any atom is -0.239 e. The molecule has 0 aliphatic rings. The Balaban J connectivity index is 2.68. The molecular weight excluding hydrogens is 318 g/mol. The van der Waals surface area contributed by atoms with Crippen molar-refractivity contribution in [1.29, 1.82) is 0 Å². The van der Waals surface area contributed by atoms with E-state index in [1.54, 1.807) is 42.5 Å². The lowest BCUT2D eigenvalue weighted by Crippen LogP contribution is -2.07. The van der Waals surface area contributed by atoms with Crippen LogP contribution in [0.15, 0.2) is 79.6 Å². The molecule has 0 saturated carbocycles. The largest absolute Gasteiger partial charge is 0.290 e. The van der Waals surface area contributed by atoms with E-state index >= 15 is 0 Å². The molecule has 116 valence electrons. The number of rotatable bonds is 4. The molecule has 0 radical (unpaired) electrons. The predicted octanol–water partition coefficient (Wildman–Crippen LogP) is 3.74. The summed E-state index contributed by atoms with van der Waals surface area (Å²) >= 11 is 0. The van der Waals surface area contributed by atoms with Crippen molar-refractivity contribution in [1.82, 2.24) is 0 Å². The van der Waals surface area contributed by atoms with E-state index in [4.69, 9.17) is 0 Å². The predicted molar refractivity (Wildman–Crippen MR) is 88.5 cm³/mol. The summed E-state index contributed by atoms with van der Waals surface area (Å²) in [5.74, 6) is 0. The quantitative estimate of drug-likeness (QED) is 0.855. The molecule has 0 aromatic heterocycles. The molecule has 1 atom stereocenters. The molecule has 2 aromatic carbocycles. The SMILES string of the molecule is C=C(C)S(=O)(=NS(=O)(=O)c1ccc(C)cc1)c1ccccc1. The van der Waals surface area contributed by atoms with E-state index in [1.807, 2.05) is 6.92 Å². The second-order valence-corrected chi connectivity index (χ2v) is 9.14. The molecule has 0 aliphatic carbocycles. The third-order valence-electron chi connectivity index (χ3n) is 3.06. The van der Waals surface area contributed by atoms with E-state index in [9.17, 15) is 12.6 Å². The lowest BCUT2D eigenvalue weighted by atomic mass is 10.2. The van der Waals surface area contributed by atoms with Gasteiger partial charge in [-0.15, -0.1) is 0 Å². The first-order valence-electron chi connectivity index (χ1n) is 6.56. The Kier molecular flexibility index (Phi) is 4.53. The number of nitrogens with zero attached hydrogens (tertiary/aromatic N) is 1. The van der Waals surface area contributed by atoms with Gasteiger partial charge in [-0.1, -0.05) is 46.2 Å². The molecule has 0 bridgehead atoms. The average Bonchev–Trinajstić information content (AvgIpc) is 2.48. The highest BCUT2D eigenvalue weighted by atomic mass is 32.3. The van der Waals surface area contributed by atoms with Crippen LogP contribution in [-0.2, 0) is 19.8 Å². The summed E-state index contributed by atoms with van der Waals surface area (Å²) in [6.45, 7) is 7.03. The van der Waals surface area contributed by atoms with E-state index in [0.717, 1.165) is 5.56 Å². The first kappa shape index (κ1) is 16.5. The van der Waals surface area contributed by atoms with Crippen molar-refractivity contribution < 1.29 is 12.6 Å².